The van der Waals surface area contributed by atoms with Crippen molar-refractivity contribution in [1.82, 2.24) is 4.90 Å². The van der Waals surface area contributed by atoms with Crippen LogP contribution in [0.5, 0.6) is 11.5 Å². The van der Waals surface area contributed by atoms with Gasteiger partial charge in [-0.15, -0.1) is 0 Å². The zero-order chi connectivity index (χ0) is 24.9. The number of esters is 1. The lowest BCUT2D eigenvalue weighted by Crippen LogP contribution is -2.27. The molecule has 0 bridgehead atoms. The van der Waals surface area contributed by atoms with Gasteiger partial charge in [0.25, 0.3) is 11.1 Å². The average Bonchev–Trinajstić information content (AvgIpc) is 3.09. The summed E-state index contributed by atoms with van der Waals surface area (Å²) in [5.74, 6) is -0.363. The van der Waals surface area contributed by atoms with Gasteiger partial charge in [-0.2, -0.15) is 0 Å². The summed E-state index contributed by atoms with van der Waals surface area (Å²) in [5, 5.41) is 0.171. The molecule has 1 aliphatic rings. The van der Waals surface area contributed by atoms with Crippen molar-refractivity contribution in [2.24, 2.45) is 0 Å². The van der Waals surface area contributed by atoms with Gasteiger partial charge in [-0.05, 0) is 88.2 Å². The van der Waals surface area contributed by atoms with E-state index in [2.05, 4.69) is 15.9 Å². The van der Waals surface area contributed by atoms with Gasteiger partial charge in [0.2, 0.25) is 0 Å². The number of thioether (sulfide) groups is 1. The largest absolute Gasteiger partial charge is 0.490 e. The molecule has 0 atom stereocenters. The molecule has 178 valence electrons. The van der Waals surface area contributed by atoms with Gasteiger partial charge < -0.3 is 9.47 Å². The molecule has 1 heterocycles. The van der Waals surface area contributed by atoms with Crippen molar-refractivity contribution in [1.29, 1.82) is 0 Å². The minimum atomic E-state index is -0.526. The van der Waals surface area contributed by atoms with Crippen LogP contribution in [0.3, 0.4) is 0 Å². The highest BCUT2D eigenvalue weighted by Crippen LogP contribution is 2.40. The Morgan fingerprint density at radius 3 is 2.57 bits per heavy atom. The maximum absolute atomic E-state index is 12.9. The van der Waals surface area contributed by atoms with Gasteiger partial charge in [-0.25, -0.2) is 4.79 Å². The van der Waals surface area contributed by atoms with Gasteiger partial charge in [-0.1, -0.05) is 41.9 Å². The summed E-state index contributed by atoms with van der Waals surface area (Å²) < 4.78 is 11.8. The molecule has 0 aromatic heterocycles. The maximum atomic E-state index is 12.9. The third kappa shape index (κ3) is 5.96. The van der Waals surface area contributed by atoms with E-state index < -0.39 is 11.9 Å². The first kappa shape index (κ1) is 25.0. The van der Waals surface area contributed by atoms with Crippen LogP contribution in [-0.2, 0) is 11.3 Å². The van der Waals surface area contributed by atoms with Gasteiger partial charge in [0.1, 0.15) is 0 Å². The van der Waals surface area contributed by atoms with E-state index in [1.165, 1.54) is 4.90 Å². The minimum absolute atomic E-state index is 0.130. The first-order valence-corrected chi connectivity index (χ1v) is 12.6. The lowest BCUT2D eigenvalue weighted by Gasteiger charge is -2.14. The number of carbonyl (C=O) groups excluding carboxylic acids is 3. The van der Waals surface area contributed by atoms with E-state index in [1.807, 2.05) is 13.0 Å². The molecular formula is C26H19BrClNO5S. The summed E-state index contributed by atoms with van der Waals surface area (Å²) in [4.78, 5) is 39.5. The fourth-order valence-electron chi connectivity index (χ4n) is 3.36. The van der Waals surface area contributed by atoms with Gasteiger partial charge in [0.15, 0.2) is 11.5 Å². The average molecular weight is 573 g/mol. The minimum Gasteiger partial charge on any atom is -0.490 e. The summed E-state index contributed by atoms with van der Waals surface area (Å²) in [6.07, 6.45) is 1.61. The monoisotopic (exact) mass is 571 g/mol. The number of imide groups is 1. The van der Waals surface area contributed by atoms with Crippen molar-refractivity contribution in [2.75, 3.05) is 6.61 Å². The second-order valence-electron chi connectivity index (χ2n) is 7.42. The van der Waals surface area contributed by atoms with Crippen LogP contribution in [-0.4, -0.2) is 28.6 Å². The predicted molar refractivity (Wildman–Crippen MR) is 140 cm³/mol. The first-order chi connectivity index (χ1) is 16.9. The van der Waals surface area contributed by atoms with Gasteiger partial charge >= 0.3 is 5.97 Å². The van der Waals surface area contributed by atoms with Crippen LogP contribution in [0.1, 0.15) is 28.4 Å². The van der Waals surface area contributed by atoms with Crippen molar-refractivity contribution in [3.8, 4) is 11.5 Å². The maximum Gasteiger partial charge on any atom is 0.343 e. The van der Waals surface area contributed by atoms with E-state index in [-0.39, 0.29) is 22.4 Å². The molecule has 0 N–H and O–H groups in total. The molecule has 35 heavy (non-hydrogen) atoms. The smallest absolute Gasteiger partial charge is 0.343 e. The highest BCUT2D eigenvalue weighted by atomic mass is 79.9. The molecule has 0 unspecified atom stereocenters. The first-order valence-electron chi connectivity index (χ1n) is 10.6. The summed E-state index contributed by atoms with van der Waals surface area (Å²) in [6, 6.07) is 19.0. The molecule has 0 spiro atoms. The summed E-state index contributed by atoms with van der Waals surface area (Å²) in [5.41, 5.74) is 1.76. The molecule has 3 aromatic rings. The molecule has 4 rings (SSSR count). The van der Waals surface area contributed by atoms with Crippen LogP contribution in [0.15, 0.2) is 76.1 Å². The number of hydrogen-bond acceptors (Lipinski definition) is 6. The number of amides is 2. The fourth-order valence-corrected chi connectivity index (χ4v) is 4.96. The number of rotatable bonds is 7. The normalized spacial score (nSPS) is 14.5. The van der Waals surface area contributed by atoms with Crippen molar-refractivity contribution < 1.29 is 23.9 Å². The van der Waals surface area contributed by atoms with E-state index in [1.54, 1.807) is 66.7 Å². The van der Waals surface area contributed by atoms with Crippen molar-refractivity contribution in [2.45, 2.75) is 13.5 Å². The fraction of sp³-hybridized carbons (Fsp3) is 0.115. The Hall–Kier alpha value is -3.07. The number of hydrogen-bond donors (Lipinski definition) is 0. The van der Waals surface area contributed by atoms with Crippen molar-refractivity contribution in [3.05, 3.63) is 97.8 Å². The number of nitrogens with zero attached hydrogens (tertiary/aromatic N) is 1. The SMILES string of the molecule is CCOc1cc(/C=C2\SC(=O)N(Cc3cccc(Cl)c3)C2=O)cc(Br)c1OC(=O)c1ccccc1. The summed E-state index contributed by atoms with van der Waals surface area (Å²) in [7, 11) is 0. The molecule has 1 fully saturated rings. The molecule has 9 heteroatoms. The number of benzene rings is 3. The predicted octanol–water partition coefficient (Wildman–Crippen LogP) is 6.96. The Morgan fingerprint density at radius 2 is 1.86 bits per heavy atom. The summed E-state index contributed by atoms with van der Waals surface area (Å²) >= 11 is 10.3. The van der Waals surface area contributed by atoms with Crippen molar-refractivity contribution in [3.63, 3.8) is 0 Å². The molecule has 1 saturated heterocycles. The van der Waals surface area contributed by atoms with Crippen LogP contribution in [0.4, 0.5) is 4.79 Å². The van der Waals surface area contributed by atoms with E-state index in [0.717, 1.165) is 17.3 Å². The second kappa shape index (κ2) is 11.1. The Labute approximate surface area is 220 Å². The Bertz CT molecular complexity index is 1330. The Kier molecular flexibility index (Phi) is 7.95. The molecule has 1 aliphatic heterocycles. The Balaban J connectivity index is 1.59. The van der Waals surface area contributed by atoms with Crippen LogP contribution < -0.4 is 9.47 Å². The van der Waals surface area contributed by atoms with Crippen LogP contribution in [0, 0.1) is 0 Å². The van der Waals surface area contributed by atoms with Crippen molar-refractivity contribution >= 4 is 62.5 Å². The Morgan fingerprint density at radius 1 is 1.09 bits per heavy atom. The van der Waals surface area contributed by atoms with Gasteiger partial charge in [-0.3, -0.25) is 14.5 Å². The molecule has 0 aliphatic carbocycles. The van der Waals surface area contributed by atoms with Crippen LogP contribution in [0.25, 0.3) is 6.08 Å². The van der Waals surface area contributed by atoms with E-state index in [4.69, 9.17) is 21.1 Å². The molecule has 3 aromatic carbocycles. The zero-order valence-electron chi connectivity index (χ0n) is 18.5. The summed E-state index contributed by atoms with van der Waals surface area (Å²) in [6.45, 7) is 2.28. The molecule has 2 amide bonds. The molecule has 0 radical (unpaired) electrons. The van der Waals surface area contributed by atoms with Crippen LogP contribution in [0.2, 0.25) is 5.02 Å². The highest BCUT2D eigenvalue weighted by Gasteiger charge is 2.35. The highest BCUT2D eigenvalue weighted by molar-refractivity contribution is 9.10. The molecule has 0 saturated carbocycles. The number of carbonyl (C=O) groups is 3. The van der Waals surface area contributed by atoms with E-state index in [9.17, 15) is 14.4 Å². The second-order valence-corrected chi connectivity index (χ2v) is 9.70. The zero-order valence-corrected chi connectivity index (χ0v) is 21.7. The quantitative estimate of drug-likeness (QED) is 0.173. The third-order valence-electron chi connectivity index (χ3n) is 4.94. The number of ether oxygens (including phenoxy) is 2. The van der Waals surface area contributed by atoms with E-state index >= 15 is 0 Å². The molecular weight excluding hydrogens is 554 g/mol. The lowest BCUT2D eigenvalue weighted by atomic mass is 10.1. The topological polar surface area (TPSA) is 72.9 Å². The lowest BCUT2D eigenvalue weighted by molar-refractivity contribution is -0.123. The van der Waals surface area contributed by atoms with Crippen LogP contribution >= 0.6 is 39.3 Å². The number of halogens is 2. The van der Waals surface area contributed by atoms with Gasteiger partial charge in [0, 0.05) is 5.02 Å². The standard InChI is InChI=1S/C26H19BrClNO5S/c1-2-33-21-13-17(12-20(27)23(21)34-25(31)18-8-4-3-5-9-18)14-22-24(30)29(26(32)35-22)15-16-7-6-10-19(28)11-16/h3-14H,2,15H2,1H3/b22-14-. The van der Waals surface area contributed by atoms with E-state index in [0.29, 0.717) is 33.0 Å². The van der Waals surface area contributed by atoms with Gasteiger partial charge in [0.05, 0.1) is 28.1 Å². The third-order valence-corrected chi connectivity index (χ3v) is 6.67. The molecule has 6 nitrogen and oxygen atoms in total.